The zero-order chi connectivity index (χ0) is 4.12. The van der Waals surface area contributed by atoms with Crippen molar-refractivity contribution < 1.29 is 19.4 Å². The molecule has 0 fully saturated rings. The molecule has 0 aliphatic heterocycles. The Morgan fingerprint density at radius 2 is 2.40 bits per heavy atom. The summed E-state index contributed by atoms with van der Waals surface area (Å²) in [4.78, 5) is 0. The van der Waals surface area contributed by atoms with Crippen molar-refractivity contribution in [3.63, 3.8) is 0 Å². The summed E-state index contributed by atoms with van der Waals surface area (Å²) in [7, 11) is 0. The molecule has 0 rings (SSSR count). The standard InChI is InChI=1S/C4H5.W/c1-3-4-2;/h1-3H,4H2;/q-1;. The first-order chi connectivity index (χ1) is 2.41. The van der Waals surface area contributed by atoms with Gasteiger partial charge in [0.1, 0.15) is 0 Å². The number of rotatable bonds is 2. The van der Waals surface area contributed by atoms with E-state index in [4.69, 9.17) is 6.58 Å². The first-order valence-corrected chi connectivity index (χ1v) is 3.08. The van der Waals surface area contributed by atoms with Crippen LogP contribution in [0.4, 0.5) is 0 Å². The zero-order valence-corrected chi connectivity index (χ0v) is 5.78. The quantitative estimate of drug-likeness (QED) is 0.620. The van der Waals surface area contributed by atoms with Gasteiger partial charge >= 0.3 is 42.8 Å². The van der Waals surface area contributed by atoms with E-state index in [1.807, 2.05) is 0 Å². The van der Waals surface area contributed by atoms with Gasteiger partial charge in [0.2, 0.25) is 0 Å². The molecule has 0 bridgehead atoms. The van der Waals surface area contributed by atoms with Crippen LogP contribution in [0, 0.1) is 6.58 Å². The Morgan fingerprint density at radius 1 is 1.80 bits per heavy atom. The molecule has 5 heavy (non-hydrogen) atoms. The summed E-state index contributed by atoms with van der Waals surface area (Å²) in [6.07, 6.45) is 2.60. The molecule has 0 aromatic carbocycles. The second kappa shape index (κ2) is 4.30. The van der Waals surface area contributed by atoms with Crippen LogP contribution < -0.4 is 0 Å². The van der Waals surface area contributed by atoms with E-state index in [-0.39, 0.29) is 0 Å². The summed E-state index contributed by atoms with van der Waals surface area (Å²) in [5.74, 6) is 0. The number of hydrogen-bond acceptors (Lipinski definition) is 0. The molecule has 28 valence electrons. The zero-order valence-electron chi connectivity index (χ0n) is 2.85. The van der Waals surface area contributed by atoms with Crippen molar-refractivity contribution in [1.82, 2.24) is 0 Å². The molecule has 0 aliphatic carbocycles. The summed E-state index contributed by atoms with van der Waals surface area (Å²) in [6, 6.07) is 0. The van der Waals surface area contributed by atoms with Crippen LogP contribution in [0.15, 0.2) is 6.08 Å². The summed E-state index contributed by atoms with van der Waals surface area (Å²) in [6.45, 7) is 5.00. The molecule has 0 unspecified atom stereocenters. The molecular formula is C4H5W-. The van der Waals surface area contributed by atoms with Crippen molar-refractivity contribution in [2.75, 3.05) is 0 Å². The van der Waals surface area contributed by atoms with E-state index in [2.05, 4.69) is 4.40 Å². The maximum atomic E-state index is 5.00. The fraction of sp³-hybridized carbons (Fsp3) is 0.250. The molecule has 0 nitrogen and oxygen atoms in total. The van der Waals surface area contributed by atoms with Gasteiger partial charge in [-0.05, 0) is 0 Å². The predicted molar refractivity (Wildman–Crippen MR) is 19.6 cm³/mol. The van der Waals surface area contributed by atoms with Crippen LogP contribution in [-0.4, -0.2) is 4.40 Å². The van der Waals surface area contributed by atoms with Crippen LogP contribution >= 0.6 is 0 Å². The monoisotopic (exact) mass is 237 g/mol. The van der Waals surface area contributed by atoms with Gasteiger partial charge in [-0.15, -0.1) is 0 Å². The van der Waals surface area contributed by atoms with Crippen molar-refractivity contribution in [2.24, 2.45) is 0 Å². The summed E-state index contributed by atoms with van der Waals surface area (Å²) in [5.41, 5.74) is 0. The van der Waals surface area contributed by atoms with Crippen LogP contribution in [0.5, 0.6) is 0 Å². The van der Waals surface area contributed by atoms with Crippen molar-refractivity contribution in [1.29, 1.82) is 0 Å². The van der Waals surface area contributed by atoms with Crippen LogP contribution in [0.25, 0.3) is 0 Å². The van der Waals surface area contributed by atoms with E-state index in [1.54, 1.807) is 6.08 Å². The van der Waals surface area contributed by atoms with Gasteiger partial charge in [-0.3, -0.25) is 0 Å². The molecule has 0 aliphatic rings. The summed E-state index contributed by atoms with van der Waals surface area (Å²) in [5, 5.41) is 0. The molecule has 0 N–H and O–H groups in total. The molecule has 0 amide bonds. The Morgan fingerprint density at radius 3 is 2.40 bits per heavy atom. The van der Waals surface area contributed by atoms with E-state index in [1.165, 1.54) is 19.4 Å². The Bertz CT molecular complexity index is 32.9. The van der Waals surface area contributed by atoms with Crippen molar-refractivity contribution in [3.05, 3.63) is 12.7 Å². The fourth-order valence-corrected chi connectivity index (χ4v) is 0.455. The van der Waals surface area contributed by atoms with Crippen LogP contribution in [-0.2, 0) is 19.4 Å². The van der Waals surface area contributed by atoms with Gasteiger partial charge in [-0.25, -0.2) is 0 Å². The van der Waals surface area contributed by atoms with E-state index in [0.717, 1.165) is 6.42 Å². The average molecular weight is 237 g/mol. The topological polar surface area (TPSA) is 0 Å². The van der Waals surface area contributed by atoms with Gasteiger partial charge in [0.25, 0.3) is 0 Å². The molecular weight excluding hydrogens is 232 g/mol. The number of allylic oxidation sites excluding steroid dienone is 1. The summed E-state index contributed by atoms with van der Waals surface area (Å²) < 4.78 is 2.08. The van der Waals surface area contributed by atoms with Crippen LogP contribution in [0.1, 0.15) is 6.42 Å². The molecule has 0 spiro atoms. The van der Waals surface area contributed by atoms with Crippen molar-refractivity contribution in [2.45, 2.75) is 6.42 Å². The first kappa shape index (κ1) is 5.30. The molecule has 0 aromatic rings. The van der Waals surface area contributed by atoms with Gasteiger partial charge in [0.15, 0.2) is 0 Å². The van der Waals surface area contributed by atoms with Crippen molar-refractivity contribution in [3.8, 4) is 0 Å². The first-order valence-electron chi connectivity index (χ1n) is 1.39. The molecule has 0 radical (unpaired) electrons. The molecule has 0 saturated carbocycles. The Labute approximate surface area is 43.3 Å². The molecule has 0 heterocycles. The Balaban J connectivity index is 2.65. The maximum absolute atomic E-state index is 5.00. The van der Waals surface area contributed by atoms with E-state index < -0.39 is 0 Å². The minimum atomic E-state index is 0.954. The second-order valence-corrected chi connectivity index (χ2v) is 1.84. The average Bonchev–Trinajstić information content (AvgIpc) is 1.41. The molecule has 0 atom stereocenters. The van der Waals surface area contributed by atoms with Gasteiger partial charge in [0.05, 0.1) is 0 Å². The normalized spacial score (nSPS) is 6.40. The molecule has 0 aromatic heterocycles. The summed E-state index contributed by atoms with van der Waals surface area (Å²) >= 11 is 1.49. The predicted octanol–water partition coefficient (Wildman–Crippen LogP) is 0.715. The second-order valence-electron chi connectivity index (χ2n) is 0.638. The third-order valence-electron chi connectivity index (χ3n) is 0.232. The number of hydrogen-bond donors (Lipinski definition) is 0. The van der Waals surface area contributed by atoms with E-state index in [9.17, 15) is 0 Å². The third-order valence-corrected chi connectivity index (χ3v) is 0.924. The van der Waals surface area contributed by atoms with E-state index in [0.29, 0.717) is 0 Å². The van der Waals surface area contributed by atoms with Gasteiger partial charge in [-0.1, -0.05) is 0 Å². The fourth-order valence-electron chi connectivity index (χ4n) is 0.0556. The minimum absolute atomic E-state index is 0.954. The van der Waals surface area contributed by atoms with Gasteiger partial charge < -0.3 is 0 Å². The molecule has 0 saturated heterocycles. The SMILES string of the molecule is [CH-]=CC[CH]=[W]. The Hall–Kier alpha value is 0.298. The van der Waals surface area contributed by atoms with Crippen LogP contribution in [0.3, 0.4) is 0 Å². The van der Waals surface area contributed by atoms with Crippen LogP contribution in [0.2, 0.25) is 0 Å². The van der Waals surface area contributed by atoms with Gasteiger partial charge in [-0.2, -0.15) is 0 Å². The third kappa shape index (κ3) is 4.30. The van der Waals surface area contributed by atoms with E-state index >= 15 is 0 Å². The van der Waals surface area contributed by atoms with Gasteiger partial charge in [0, 0.05) is 0 Å². The van der Waals surface area contributed by atoms with Crippen molar-refractivity contribution >= 4 is 4.40 Å². The molecule has 1 heteroatoms. The Kier molecular flexibility index (Phi) is 4.55.